The molecule has 0 unspecified atom stereocenters. The second kappa shape index (κ2) is 8.52. The molecule has 2 aromatic carbocycles. The predicted octanol–water partition coefficient (Wildman–Crippen LogP) is 3.03. The number of aliphatic hydroxyl groups excluding tert-OH is 1. The molecule has 3 nitrogen and oxygen atoms in total. The van der Waals surface area contributed by atoms with E-state index in [9.17, 15) is 13.9 Å². The number of rotatable bonds is 6. The summed E-state index contributed by atoms with van der Waals surface area (Å²) in [5, 5.41) is 9.41. The first kappa shape index (κ1) is 18.0. The molecule has 1 N–H and O–H groups in total. The first-order valence-corrected chi connectivity index (χ1v) is 8.70. The summed E-state index contributed by atoms with van der Waals surface area (Å²) >= 11 is 0. The highest BCUT2D eigenvalue weighted by Gasteiger charge is 2.26. The molecule has 0 aromatic heterocycles. The van der Waals surface area contributed by atoms with Crippen LogP contribution in [-0.2, 0) is 13.1 Å². The van der Waals surface area contributed by atoms with E-state index in [4.69, 9.17) is 0 Å². The predicted molar refractivity (Wildman–Crippen MR) is 94.0 cm³/mol. The molecule has 1 fully saturated rings. The number of nitrogens with zero attached hydrogens (tertiary/aromatic N) is 2. The highest BCUT2D eigenvalue weighted by Crippen LogP contribution is 2.19. The third-order valence-electron chi connectivity index (χ3n) is 4.71. The van der Waals surface area contributed by atoms with E-state index in [0.29, 0.717) is 18.5 Å². The van der Waals surface area contributed by atoms with E-state index in [1.165, 1.54) is 17.7 Å². The van der Waals surface area contributed by atoms with E-state index < -0.39 is 11.6 Å². The number of piperazine rings is 1. The maximum absolute atomic E-state index is 13.4. The molecule has 0 bridgehead atoms. The molecule has 0 aliphatic carbocycles. The van der Waals surface area contributed by atoms with Crippen molar-refractivity contribution in [3.8, 4) is 0 Å². The van der Waals surface area contributed by atoms with Gasteiger partial charge in [-0.3, -0.25) is 9.80 Å². The Balaban J connectivity index is 1.64. The summed E-state index contributed by atoms with van der Waals surface area (Å²) in [4.78, 5) is 4.59. The van der Waals surface area contributed by atoms with Crippen molar-refractivity contribution in [3.63, 3.8) is 0 Å². The van der Waals surface area contributed by atoms with Crippen LogP contribution in [0.15, 0.2) is 48.5 Å². The van der Waals surface area contributed by atoms with Crippen molar-refractivity contribution in [2.24, 2.45) is 0 Å². The van der Waals surface area contributed by atoms with Crippen LogP contribution in [0.1, 0.15) is 17.5 Å². The molecular weight excluding hydrogens is 322 g/mol. The minimum absolute atomic E-state index is 0.137. The van der Waals surface area contributed by atoms with Gasteiger partial charge in [0.15, 0.2) is 0 Å². The van der Waals surface area contributed by atoms with E-state index >= 15 is 0 Å². The highest BCUT2D eigenvalue weighted by atomic mass is 19.1. The van der Waals surface area contributed by atoms with Crippen LogP contribution in [0, 0.1) is 11.6 Å². The fourth-order valence-corrected chi connectivity index (χ4v) is 3.51. The zero-order valence-corrected chi connectivity index (χ0v) is 14.2. The molecule has 0 saturated carbocycles. The summed E-state index contributed by atoms with van der Waals surface area (Å²) in [5.41, 5.74) is 1.91. The standard InChI is InChI=1S/C20H24F2N2O/c21-18-10-17(11-19(22)12-18)13-23-7-8-24(20(15-23)6-9-25)14-16-4-2-1-3-5-16/h1-5,10-12,20,25H,6-9,13-15H2/t20-/m0/s1. The van der Waals surface area contributed by atoms with Gasteiger partial charge in [0.2, 0.25) is 0 Å². The molecule has 0 radical (unpaired) electrons. The second-order valence-corrected chi connectivity index (χ2v) is 6.63. The zero-order valence-electron chi connectivity index (χ0n) is 14.2. The Kier molecular flexibility index (Phi) is 6.13. The monoisotopic (exact) mass is 346 g/mol. The summed E-state index contributed by atoms with van der Waals surface area (Å²) in [6.07, 6.45) is 0.695. The Morgan fingerprint density at radius 2 is 1.64 bits per heavy atom. The Labute approximate surface area is 147 Å². The van der Waals surface area contributed by atoms with E-state index in [1.807, 2.05) is 18.2 Å². The molecule has 0 amide bonds. The van der Waals surface area contributed by atoms with Gasteiger partial charge in [-0.15, -0.1) is 0 Å². The number of benzene rings is 2. The molecule has 134 valence electrons. The summed E-state index contributed by atoms with van der Waals surface area (Å²) in [5.74, 6) is -1.07. The van der Waals surface area contributed by atoms with Gasteiger partial charge in [-0.1, -0.05) is 30.3 Å². The maximum atomic E-state index is 13.4. The van der Waals surface area contributed by atoms with E-state index in [2.05, 4.69) is 21.9 Å². The molecule has 25 heavy (non-hydrogen) atoms. The minimum Gasteiger partial charge on any atom is -0.396 e. The third kappa shape index (κ3) is 5.08. The van der Waals surface area contributed by atoms with Crippen LogP contribution in [-0.4, -0.2) is 47.2 Å². The van der Waals surface area contributed by atoms with Crippen LogP contribution in [0.5, 0.6) is 0 Å². The summed E-state index contributed by atoms with van der Waals surface area (Å²) in [6.45, 7) is 4.01. The number of halogens is 2. The van der Waals surface area contributed by atoms with Crippen molar-refractivity contribution >= 4 is 0 Å². The maximum Gasteiger partial charge on any atom is 0.126 e. The Bertz CT molecular complexity index is 660. The molecule has 1 atom stereocenters. The molecule has 1 saturated heterocycles. The summed E-state index contributed by atoms with van der Waals surface area (Å²) in [6, 6.07) is 14.2. The quantitative estimate of drug-likeness (QED) is 0.871. The van der Waals surface area contributed by atoms with E-state index in [0.717, 1.165) is 32.2 Å². The van der Waals surface area contributed by atoms with Gasteiger partial charge in [0.05, 0.1) is 0 Å². The first-order valence-electron chi connectivity index (χ1n) is 8.70. The van der Waals surface area contributed by atoms with Crippen molar-refractivity contribution in [1.82, 2.24) is 9.80 Å². The number of aliphatic hydroxyl groups is 1. The third-order valence-corrected chi connectivity index (χ3v) is 4.71. The Morgan fingerprint density at radius 1 is 0.920 bits per heavy atom. The lowest BCUT2D eigenvalue weighted by Crippen LogP contribution is -2.52. The van der Waals surface area contributed by atoms with Gasteiger partial charge in [-0.05, 0) is 29.7 Å². The average Bonchev–Trinajstić information content (AvgIpc) is 2.57. The van der Waals surface area contributed by atoms with Gasteiger partial charge in [-0.25, -0.2) is 8.78 Å². The topological polar surface area (TPSA) is 26.7 Å². The van der Waals surface area contributed by atoms with E-state index in [1.54, 1.807) is 0 Å². The molecular formula is C20H24F2N2O. The van der Waals surface area contributed by atoms with Crippen LogP contribution in [0.3, 0.4) is 0 Å². The van der Waals surface area contributed by atoms with Gasteiger partial charge in [-0.2, -0.15) is 0 Å². The van der Waals surface area contributed by atoms with Crippen LogP contribution in [0.4, 0.5) is 8.78 Å². The Hall–Kier alpha value is -1.82. The largest absolute Gasteiger partial charge is 0.396 e. The lowest BCUT2D eigenvalue weighted by Gasteiger charge is -2.41. The fraction of sp³-hybridized carbons (Fsp3) is 0.400. The molecule has 1 aliphatic heterocycles. The summed E-state index contributed by atoms with van der Waals surface area (Å²) in [7, 11) is 0. The number of hydrogen-bond donors (Lipinski definition) is 1. The molecule has 1 aliphatic rings. The van der Waals surface area contributed by atoms with Crippen molar-refractivity contribution in [2.45, 2.75) is 25.6 Å². The second-order valence-electron chi connectivity index (χ2n) is 6.63. The van der Waals surface area contributed by atoms with Crippen LogP contribution in [0.25, 0.3) is 0 Å². The van der Waals surface area contributed by atoms with Gasteiger partial charge in [0, 0.05) is 51.4 Å². The lowest BCUT2D eigenvalue weighted by molar-refractivity contribution is 0.0499. The Morgan fingerprint density at radius 3 is 2.32 bits per heavy atom. The first-order chi connectivity index (χ1) is 12.1. The van der Waals surface area contributed by atoms with Gasteiger partial charge >= 0.3 is 0 Å². The zero-order chi connectivity index (χ0) is 17.6. The minimum atomic E-state index is -0.537. The van der Waals surface area contributed by atoms with Crippen LogP contribution >= 0.6 is 0 Å². The highest BCUT2D eigenvalue weighted by molar-refractivity contribution is 5.18. The van der Waals surface area contributed by atoms with Crippen LogP contribution < -0.4 is 0 Å². The van der Waals surface area contributed by atoms with Gasteiger partial charge in [0.25, 0.3) is 0 Å². The molecule has 0 spiro atoms. The van der Waals surface area contributed by atoms with E-state index in [-0.39, 0.29) is 12.6 Å². The molecule has 1 heterocycles. The molecule has 2 aromatic rings. The van der Waals surface area contributed by atoms with Crippen LogP contribution in [0.2, 0.25) is 0 Å². The normalized spacial score (nSPS) is 19.2. The van der Waals surface area contributed by atoms with Crippen molar-refractivity contribution < 1.29 is 13.9 Å². The SMILES string of the molecule is OCC[C@H]1CN(Cc2cc(F)cc(F)c2)CCN1Cc1ccccc1. The number of hydrogen-bond acceptors (Lipinski definition) is 3. The smallest absolute Gasteiger partial charge is 0.126 e. The van der Waals surface area contributed by atoms with Crippen molar-refractivity contribution in [2.75, 3.05) is 26.2 Å². The average molecular weight is 346 g/mol. The molecule has 3 rings (SSSR count). The van der Waals surface area contributed by atoms with Crippen molar-refractivity contribution in [3.05, 3.63) is 71.3 Å². The summed E-state index contributed by atoms with van der Waals surface area (Å²) < 4.78 is 26.8. The van der Waals surface area contributed by atoms with Crippen molar-refractivity contribution in [1.29, 1.82) is 0 Å². The van der Waals surface area contributed by atoms with Gasteiger partial charge < -0.3 is 5.11 Å². The fourth-order valence-electron chi connectivity index (χ4n) is 3.51. The lowest BCUT2D eigenvalue weighted by atomic mass is 10.1. The molecule has 5 heteroatoms. The van der Waals surface area contributed by atoms with Gasteiger partial charge in [0.1, 0.15) is 11.6 Å².